The summed E-state index contributed by atoms with van der Waals surface area (Å²) in [5.74, 6) is 0.400. The van der Waals surface area contributed by atoms with Gasteiger partial charge in [0.2, 0.25) is 5.91 Å². The van der Waals surface area contributed by atoms with Gasteiger partial charge in [-0.05, 0) is 25.0 Å². The number of benzene rings is 1. The summed E-state index contributed by atoms with van der Waals surface area (Å²) < 4.78 is 0. The fourth-order valence-electron chi connectivity index (χ4n) is 2.75. The molecule has 1 aliphatic rings. The first kappa shape index (κ1) is 15.7. The lowest BCUT2D eigenvalue weighted by Crippen LogP contribution is -2.33. The van der Waals surface area contributed by atoms with Crippen molar-refractivity contribution in [3.05, 3.63) is 39.9 Å². The minimum Gasteiger partial charge on any atom is -0.361 e. The average molecular weight is 325 g/mol. The van der Waals surface area contributed by atoms with Gasteiger partial charge in [-0.25, -0.2) is 4.98 Å². The van der Waals surface area contributed by atoms with Crippen LogP contribution in [-0.4, -0.2) is 40.3 Å². The van der Waals surface area contributed by atoms with Crippen LogP contribution in [0.1, 0.15) is 18.4 Å². The number of carbonyl (C=O) groups is 1. The van der Waals surface area contributed by atoms with E-state index in [0.717, 1.165) is 25.9 Å². The molecule has 1 N–H and O–H groups in total. The molecule has 2 aromatic rings. The molecule has 3 rings (SSSR count). The number of amides is 1. The smallest absolute Gasteiger partial charge is 0.270 e. The molecule has 1 amide bonds. The summed E-state index contributed by atoms with van der Waals surface area (Å²) in [7, 11) is 0. The number of nitrogens with one attached hydrogen (secondary N) is 1. The zero-order chi connectivity index (χ0) is 17.1. The summed E-state index contributed by atoms with van der Waals surface area (Å²) in [5.41, 5.74) is 0.654. The van der Waals surface area contributed by atoms with Crippen molar-refractivity contribution in [1.29, 1.82) is 5.26 Å². The molecule has 0 atom stereocenters. The first-order chi connectivity index (χ1) is 11.6. The molecule has 0 aliphatic carbocycles. The van der Waals surface area contributed by atoms with Crippen molar-refractivity contribution in [2.45, 2.75) is 12.8 Å². The fourth-order valence-corrected chi connectivity index (χ4v) is 2.75. The molecular weight excluding hydrogens is 310 g/mol. The number of nitro benzene ring substituents is 1. The zero-order valence-electron chi connectivity index (χ0n) is 12.9. The van der Waals surface area contributed by atoms with Gasteiger partial charge in [0.15, 0.2) is 0 Å². The van der Waals surface area contributed by atoms with Crippen molar-refractivity contribution in [3.8, 4) is 6.07 Å². The van der Waals surface area contributed by atoms with E-state index >= 15 is 0 Å². The molecule has 1 aromatic heterocycles. The number of fused-ring (bicyclic) bond motifs is 1. The Balaban J connectivity index is 1.84. The molecule has 1 aromatic carbocycles. The van der Waals surface area contributed by atoms with Crippen molar-refractivity contribution in [1.82, 2.24) is 9.88 Å². The Morgan fingerprint density at radius 1 is 1.38 bits per heavy atom. The third-order valence-corrected chi connectivity index (χ3v) is 4.00. The standard InChI is InChI=1S/C16H15N5O3/c17-9-11-7-15(18-10-16(22)20-5-1-2-6-20)19-14-4-3-12(21(23)24)8-13(11)14/h3-4,7-8H,1-2,5-6,10H2,(H,18,19). The molecule has 1 fully saturated rings. The van der Waals surface area contributed by atoms with Gasteiger partial charge in [0, 0.05) is 30.6 Å². The minimum absolute atomic E-state index is 0.00314. The molecule has 24 heavy (non-hydrogen) atoms. The number of anilines is 1. The number of aromatic nitrogens is 1. The highest BCUT2D eigenvalue weighted by molar-refractivity contribution is 5.89. The molecular formula is C16H15N5O3. The van der Waals surface area contributed by atoms with E-state index in [0.29, 0.717) is 16.7 Å². The summed E-state index contributed by atoms with van der Waals surface area (Å²) in [6.45, 7) is 1.66. The van der Waals surface area contributed by atoms with Crippen LogP contribution in [0.2, 0.25) is 0 Å². The van der Waals surface area contributed by atoms with E-state index in [2.05, 4.69) is 10.3 Å². The van der Waals surface area contributed by atoms with Crippen LogP contribution in [0.15, 0.2) is 24.3 Å². The number of likely N-dealkylation sites (tertiary alicyclic amines) is 1. The van der Waals surface area contributed by atoms with Gasteiger partial charge in [-0.2, -0.15) is 5.26 Å². The first-order valence-electron chi connectivity index (χ1n) is 7.59. The second-order valence-corrected chi connectivity index (χ2v) is 5.57. The van der Waals surface area contributed by atoms with Crippen LogP contribution in [0.3, 0.4) is 0 Å². The van der Waals surface area contributed by atoms with Crippen LogP contribution in [-0.2, 0) is 4.79 Å². The molecule has 0 saturated carbocycles. The van der Waals surface area contributed by atoms with E-state index in [1.54, 1.807) is 4.90 Å². The highest BCUT2D eigenvalue weighted by atomic mass is 16.6. The lowest BCUT2D eigenvalue weighted by atomic mass is 10.1. The Morgan fingerprint density at radius 3 is 2.79 bits per heavy atom. The molecule has 0 spiro atoms. The summed E-state index contributed by atoms with van der Waals surface area (Å²) in [6.07, 6.45) is 2.05. The van der Waals surface area contributed by atoms with Crippen molar-refractivity contribution < 1.29 is 9.72 Å². The van der Waals surface area contributed by atoms with Crippen LogP contribution in [0.5, 0.6) is 0 Å². The monoisotopic (exact) mass is 325 g/mol. The van der Waals surface area contributed by atoms with E-state index in [4.69, 9.17) is 0 Å². The Labute approximate surface area is 137 Å². The normalized spacial score (nSPS) is 13.7. The lowest BCUT2D eigenvalue weighted by molar-refractivity contribution is -0.384. The second-order valence-electron chi connectivity index (χ2n) is 5.57. The van der Waals surface area contributed by atoms with Crippen LogP contribution in [0.4, 0.5) is 11.5 Å². The second kappa shape index (κ2) is 6.50. The van der Waals surface area contributed by atoms with Gasteiger partial charge in [0.05, 0.1) is 28.6 Å². The largest absolute Gasteiger partial charge is 0.361 e. The molecule has 0 unspecified atom stereocenters. The van der Waals surface area contributed by atoms with Gasteiger partial charge in [0.25, 0.3) is 5.69 Å². The van der Waals surface area contributed by atoms with Gasteiger partial charge >= 0.3 is 0 Å². The number of nitrogens with zero attached hydrogens (tertiary/aromatic N) is 4. The predicted molar refractivity (Wildman–Crippen MR) is 87.4 cm³/mol. The van der Waals surface area contributed by atoms with E-state index in [1.807, 2.05) is 6.07 Å². The molecule has 2 heterocycles. The quantitative estimate of drug-likeness (QED) is 0.680. The Bertz CT molecular complexity index is 853. The molecule has 8 heteroatoms. The average Bonchev–Trinajstić information content (AvgIpc) is 3.13. The summed E-state index contributed by atoms with van der Waals surface area (Å²) in [4.78, 5) is 28.5. The van der Waals surface area contributed by atoms with Crippen molar-refractivity contribution in [3.63, 3.8) is 0 Å². The maximum Gasteiger partial charge on any atom is 0.270 e. The van der Waals surface area contributed by atoms with Gasteiger partial charge in [-0.15, -0.1) is 0 Å². The number of nitro groups is 1. The van der Waals surface area contributed by atoms with Gasteiger partial charge in [0.1, 0.15) is 5.82 Å². The van der Waals surface area contributed by atoms with Crippen LogP contribution < -0.4 is 5.32 Å². The number of carbonyl (C=O) groups excluding carboxylic acids is 1. The molecule has 8 nitrogen and oxygen atoms in total. The maximum absolute atomic E-state index is 12.1. The number of hydrogen-bond donors (Lipinski definition) is 1. The Morgan fingerprint density at radius 2 is 2.12 bits per heavy atom. The number of non-ortho nitro benzene ring substituents is 1. The van der Waals surface area contributed by atoms with E-state index < -0.39 is 4.92 Å². The number of hydrogen-bond acceptors (Lipinski definition) is 6. The topological polar surface area (TPSA) is 112 Å². The van der Waals surface area contributed by atoms with Gasteiger partial charge in [-0.3, -0.25) is 14.9 Å². The number of rotatable bonds is 4. The highest BCUT2D eigenvalue weighted by Gasteiger charge is 2.18. The third-order valence-electron chi connectivity index (χ3n) is 4.00. The van der Waals surface area contributed by atoms with Crippen molar-refractivity contribution >= 4 is 28.3 Å². The zero-order valence-corrected chi connectivity index (χ0v) is 12.9. The predicted octanol–water partition coefficient (Wildman–Crippen LogP) is 2.05. The van der Waals surface area contributed by atoms with Crippen LogP contribution >= 0.6 is 0 Å². The van der Waals surface area contributed by atoms with Crippen molar-refractivity contribution in [2.24, 2.45) is 0 Å². The highest BCUT2D eigenvalue weighted by Crippen LogP contribution is 2.24. The van der Waals surface area contributed by atoms with E-state index in [-0.39, 0.29) is 23.7 Å². The molecule has 1 aliphatic heterocycles. The number of pyridine rings is 1. The van der Waals surface area contributed by atoms with Crippen LogP contribution in [0.25, 0.3) is 10.9 Å². The van der Waals surface area contributed by atoms with Crippen molar-refractivity contribution in [2.75, 3.05) is 25.0 Å². The number of nitriles is 1. The fraction of sp³-hybridized carbons (Fsp3) is 0.312. The summed E-state index contributed by atoms with van der Waals surface area (Å²) in [5, 5.41) is 23.5. The molecule has 0 radical (unpaired) electrons. The minimum atomic E-state index is -0.512. The van der Waals surface area contributed by atoms with E-state index in [1.165, 1.54) is 24.3 Å². The molecule has 122 valence electrons. The third kappa shape index (κ3) is 3.10. The SMILES string of the molecule is N#Cc1cc(NCC(=O)N2CCCC2)nc2ccc([N+](=O)[O-])cc12. The van der Waals surface area contributed by atoms with Gasteiger partial charge in [-0.1, -0.05) is 0 Å². The summed E-state index contributed by atoms with van der Waals surface area (Å²) >= 11 is 0. The Hall–Kier alpha value is -3.21. The Kier molecular flexibility index (Phi) is 4.24. The lowest BCUT2D eigenvalue weighted by Gasteiger charge is -2.16. The first-order valence-corrected chi connectivity index (χ1v) is 7.59. The molecule has 0 bridgehead atoms. The van der Waals surface area contributed by atoms with Gasteiger partial charge < -0.3 is 10.2 Å². The van der Waals surface area contributed by atoms with E-state index in [9.17, 15) is 20.2 Å². The maximum atomic E-state index is 12.1. The molecule has 1 saturated heterocycles. The van der Waals surface area contributed by atoms with Crippen LogP contribution in [0, 0.1) is 21.4 Å². The summed E-state index contributed by atoms with van der Waals surface area (Å²) in [6, 6.07) is 7.70.